The fourth-order valence-electron chi connectivity index (χ4n) is 8.77. The van der Waals surface area contributed by atoms with Crippen molar-refractivity contribution in [3.8, 4) is 0 Å². The molecule has 45 heavy (non-hydrogen) atoms. The smallest absolute Gasteiger partial charge is 0.375 e. The molecule has 1 aromatic carbocycles. The number of rotatable bonds is 6. The number of benzene rings is 1. The summed E-state index contributed by atoms with van der Waals surface area (Å²) in [5, 5.41) is 11.1. The molecular weight excluding hydrogens is 609 g/mol. The summed E-state index contributed by atoms with van der Waals surface area (Å²) >= 11 is 0.628. The van der Waals surface area contributed by atoms with E-state index in [1.165, 1.54) is 49.6 Å². The van der Waals surface area contributed by atoms with E-state index >= 15 is 8.78 Å². The topological polar surface area (TPSA) is 111 Å². The standard InChI is InChI=1S/C34H33F3O7S/c1-18-13-22-23-15-25(36)24-14-21(38)10-11-31(24,2)33(23,37)28(40)16-32(22,3)34(18,44-29(41)27-5-4-12-43-27)30(42)45-17-26(39)19-6-8-20(35)9-7-19/h4-12,14,18,22-23,25,28,40H,13,15-17H2,1-3H3/t18-,22+,23+,25+,28+,31+,32+,33+,34+/m1/s1. The number of Topliss-reactive ketones (excluding diaryl/α,β-unsaturated/α-hetero) is 1. The molecule has 6 rings (SSSR count). The van der Waals surface area contributed by atoms with E-state index in [1.54, 1.807) is 13.8 Å². The summed E-state index contributed by atoms with van der Waals surface area (Å²) in [7, 11) is 0. The van der Waals surface area contributed by atoms with Gasteiger partial charge >= 0.3 is 5.97 Å². The minimum atomic E-state index is -2.39. The van der Waals surface area contributed by atoms with Crippen LogP contribution < -0.4 is 0 Å². The number of alkyl halides is 2. The van der Waals surface area contributed by atoms with Gasteiger partial charge in [0.1, 0.15) is 12.0 Å². The van der Waals surface area contributed by atoms with Crippen LogP contribution in [0.1, 0.15) is 60.9 Å². The zero-order chi connectivity index (χ0) is 32.5. The number of ether oxygens (including phenoxy) is 1. The number of thioether (sulfide) groups is 1. The highest BCUT2D eigenvalue weighted by Gasteiger charge is 2.78. The SMILES string of the molecule is C[C@@H]1C[C@H]2[C@@H]3C[C@H](F)C4=CC(=O)C=C[C@]4(C)[C@@]3(F)[C@@H](O)C[C@]2(C)[C@@]1(OC(=O)c1ccco1)C(=O)SCC(=O)c1ccc(F)cc1. The summed E-state index contributed by atoms with van der Waals surface area (Å²) < 4.78 is 58.3. The molecule has 2 aromatic rings. The summed E-state index contributed by atoms with van der Waals surface area (Å²) in [4.78, 5) is 53.0. The first kappa shape index (κ1) is 31.5. The van der Waals surface area contributed by atoms with Crippen LogP contribution in [0.25, 0.3) is 0 Å². The Morgan fingerprint density at radius 2 is 1.82 bits per heavy atom. The van der Waals surface area contributed by atoms with Gasteiger partial charge in [0.15, 0.2) is 22.8 Å². The molecule has 9 atom stereocenters. The number of esters is 1. The van der Waals surface area contributed by atoms with Crippen LogP contribution in [0.2, 0.25) is 0 Å². The number of carbonyl (C=O) groups excluding carboxylic acids is 4. The molecule has 0 radical (unpaired) electrons. The quantitative estimate of drug-likeness (QED) is 0.301. The summed E-state index contributed by atoms with van der Waals surface area (Å²) in [5.74, 6) is -5.48. The molecule has 11 heteroatoms. The first-order valence-corrected chi connectivity index (χ1v) is 15.9. The third kappa shape index (κ3) is 4.44. The number of carbonyl (C=O) groups is 4. The number of fused-ring (bicyclic) bond motifs is 5. The molecule has 3 saturated carbocycles. The van der Waals surface area contributed by atoms with Gasteiger partial charge in [0.05, 0.1) is 18.1 Å². The summed E-state index contributed by atoms with van der Waals surface area (Å²) in [6.07, 6.45) is 0.987. The van der Waals surface area contributed by atoms with E-state index in [0.717, 1.165) is 18.2 Å². The van der Waals surface area contributed by atoms with E-state index in [0.29, 0.717) is 11.8 Å². The number of hydrogen-bond donors (Lipinski definition) is 1. The van der Waals surface area contributed by atoms with E-state index in [4.69, 9.17) is 9.15 Å². The highest BCUT2D eigenvalue weighted by Crippen LogP contribution is 2.72. The molecule has 0 bridgehead atoms. The Balaban J connectivity index is 1.40. The Morgan fingerprint density at radius 3 is 2.49 bits per heavy atom. The Labute approximate surface area is 262 Å². The van der Waals surface area contributed by atoms with Gasteiger partial charge in [0.2, 0.25) is 10.9 Å². The van der Waals surface area contributed by atoms with Crippen LogP contribution >= 0.6 is 11.8 Å². The lowest BCUT2D eigenvalue weighted by molar-refractivity contribution is -0.221. The maximum atomic E-state index is 17.7. The van der Waals surface area contributed by atoms with Crippen molar-refractivity contribution in [1.29, 1.82) is 0 Å². The lowest BCUT2D eigenvalue weighted by atomic mass is 9.44. The van der Waals surface area contributed by atoms with Crippen LogP contribution in [0.4, 0.5) is 13.2 Å². The molecule has 4 aliphatic carbocycles. The minimum absolute atomic E-state index is 0.0242. The van der Waals surface area contributed by atoms with E-state index in [2.05, 4.69) is 0 Å². The second-order valence-electron chi connectivity index (χ2n) is 13.1. The highest BCUT2D eigenvalue weighted by atomic mass is 32.2. The second kappa shape index (κ2) is 10.8. The van der Waals surface area contributed by atoms with Gasteiger partial charge in [-0.2, -0.15) is 0 Å². The molecular formula is C34H33F3O7S. The molecule has 0 aliphatic heterocycles. The third-order valence-corrected chi connectivity index (χ3v) is 11.9. The summed E-state index contributed by atoms with van der Waals surface area (Å²) in [5.41, 5.74) is -7.20. The number of furan rings is 1. The van der Waals surface area contributed by atoms with Gasteiger partial charge in [-0.05, 0) is 86.2 Å². The Bertz CT molecular complexity index is 1620. The molecule has 1 N–H and O–H groups in total. The van der Waals surface area contributed by atoms with Gasteiger partial charge in [-0.25, -0.2) is 18.0 Å². The first-order chi connectivity index (χ1) is 21.2. The molecule has 1 aromatic heterocycles. The molecule has 0 spiro atoms. The van der Waals surface area contributed by atoms with Crippen molar-refractivity contribution in [3.05, 3.63) is 83.6 Å². The van der Waals surface area contributed by atoms with Crippen molar-refractivity contribution in [2.45, 2.75) is 63.6 Å². The monoisotopic (exact) mass is 642 g/mol. The Kier molecular flexibility index (Phi) is 7.59. The van der Waals surface area contributed by atoms with Crippen LogP contribution in [0.15, 0.2) is 70.9 Å². The van der Waals surface area contributed by atoms with E-state index in [1.807, 2.05) is 0 Å². The van der Waals surface area contributed by atoms with Crippen LogP contribution in [-0.2, 0) is 14.3 Å². The molecule has 3 fully saturated rings. The van der Waals surface area contributed by atoms with Crippen LogP contribution in [0, 0.1) is 34.4 Å². The molecule has 7 nitrogen and oxygen atoms in total. The van der Waals surface area contributed by atoms with Crippen LogP contribution in [-0.4, -0.2) is 57.1 Å². The summed E-state index contributed by atoms with van der Waals surface area (Å²) in [6, 6.07) is 7.71. The van der Waals surface area contributed by atoms with E-state index in [-0.39, 0.29) is 41.9 Å². The van der Waals surface area contributed by atoms with Crippen LogP contribution in [0.5, 0.6) is 0 Å². The van der Waals surface area contributed by atoms with Gasteiger partial charge in [-0.15, -0.1) is 0 Å². The maximum Gasteiger partial charge on any atom is 0.375 e. The number of allylic oxidation sites excluding steroid dienone is 4. The van der Waals surface area contributed by atoms with Gasteiger partial charge < -0.3 is 14.3 Å². The highest BCUT2D eigenvalue weighted by molar-refractivity contribution is 8.14. The first-order valence-electron chi connectivity index (χ1n) is 14.9. The minimum Gasteiger partial charge on any atom is -0.457 e. The molecule has 1 heterocycles. The van der Waals surface area contributed by atoms with Gasteiger partial charge in [-0.1, -0.05) is 31.7 Å². The van der Waals surface area contributed by atoms with Gasteiger partial charge in [0.25, 0.3) is 0 Å². The fraction of sp³-hybridized carbons (Fsp3) is 0.471. The number of hydrogen-bond acceptors (Lipinski definition) is 8. The lowest BCUT2D eigenvalue weighted by Crippen LogP contribution is -2.70. The van der Waals surface area contributed by atoms with Crippen molar-refractivity contribution in [2.24, 2.45) is 28.6 Å². The van der Waals surface area contributed by atoms with Crippen molar-refractivity contribution < 1.29 is 46.6 Å². The molecule has 0 amide bonds. The number of aliphatic hydroxyl groups excluding tert-OH is 1. The molecule has 238 valence electrons. The van der Waals surface area contributed by atoms with Crippen molar-refractivity contribution in [2.75, 3.05) is 5.75 Å². The zero-order valence-corrected chi connectivity index (χ0v) is 25.7. The van der Waals surface area contributed by atoms with Crippen molar-refractivity contribution in [1.82, 2.24) is 0 Å². The second-order valence-corrected chi connectivity index (χ2v) is 14.1. The molecule has 0 saturated heterocycles. The predicted molar refractivity (Wildman–Crippen MR) is 158 cm³/mol. The van der Waals surface area contributed by atoms with Crippen molar-refractivity contribution >= 4 is 34.4 Å². The number of aliphatic hydroxyl groups is 1. The molecule has 0 unspecified atom stereocenters. The largest absolute Gasteiger partial charge is 0.457 e. The van der Waals surface area contributed by atoms with Crippen LogP contribution in [0.3, 0.4) is 0 Å². The number of ketones is 2. The summed E-state index contributed by atoms with van der Waals surface area (Å²) in [6.45, 7) is 4.82. The lowest BCUT2D eigenvalue weighted by Gasteiger charge is -2.63. The predicted octanol–water partition coefficient (Wildman–Crippen LogP) is 6.02. The zero-order valence-electron chi connectivity index (χ0n) is 24.9. The number of halogens is 3. The molecule has 4 aliphatic rings. The van der Waals surface area contributed by atoms with Gasteiger partial charge in [0, 0.05) is 28.2 Å². The van der Waals surface area contributed by atoms with E-state index in [9.17, 15) is 28.7 Å². The Hall–Kier alpha value is -3.44. The Morgan fingerprint density at radius 1 is 1.11 bits per heavy atom. The average molecular weight is 643 g/mol. The fourth-order valence-corrected chi connectivity index (χ4v) is 9.89. The maximum absolute atomic E-state index is 17.7. The average Bonchev–Trinajstić information content (AvgIpc) is 3.61. The van der Waals surface area contributed by atoms with Crippen molar-refractivity contribution in [3.63, 3.8) is 0 Å². The van der Waals surface area contributed by atoms with E-state index < -0.39 is 80.6 Å². The normalized spacial score (nSPS) is 38.5. The van der Waals surface area contributed by atoms with Gasteiger partial charge in [-0.3, -0.25) is 14.4 Å². The third-order valence-electron chi connectivity index (χ3n) is 10.9.